The largest absolute Gasteiger partial charge is 0.507 e. The molecule has 0 saturated carbocycles. The molecule has 1 saturated heterocycles. The molecule has 0 aliphatic carbocycles. The third-order valence-corrected chi connectivity index (χ3v) is 4.84. The van der Waals surface area contributed by atoms with Gasteiger partial charge in [-0.15, -0.1) is 0 Å². The normalized spacial score (nSPS) is 18.3. The molecule has 1 amide bonds. The second-order valence-electron chi connectivity index (χ2n) is 6.62. The van der Waals surface area contributed by atoms with Crippen molar-refractivity contribution in [3.63, 3.8) is 0 Å². The number of ether oxygens (including phenoxy) is 2. The highest BCUT2D eigenvalue weighted by molar-refractivity contribution is 6.46. The summed E-state index contributed by atoms with van der Waals surface area (Å²) in [5.41, 5.74) is 0.898. The van der Waals surface area contributed by atoms with Gasteiger partial charge in [-0.25, -0.2) is 4.39 Å². The van der Waals surface area contributed by atoms with Gasteiger partial charge in [-0.2, -0.15) is 0 Å². The van der Waals surface area contributed by atoms with Crippen molar-refractivity contribution in [2.24, 2.45) is 0 Å². The Bertz CT molecular complexity index is 921. The van der Waals surface area contributed by atoms with Gasteiger partial charge in [-0.3, -0.25) is 9.59 Å². The van der Waals surface area contributed by atoms with E-state index >= 15 is 0 Å². The number of aliphatic hydroxyl groups excluding tert-OH is 1. The molecule has 2 aromatic carbocycles. The molecule has 1 atom stereocenters. The number of methoxy groups -OCH3 is 2. The van der Waals surface area contributed by atoms with E-state index in [9.17, 15) is 19.1 Å². The summed E-state index contributed by atoms with van der Waals surface area (Å²) >= 11 is 0. The summed E-state index contributed by atoms with van der Waals surface area (Å²) in [5, 5.41) is 10.9. The lowest BCUT2D eigenvalue weighted by Crippen LogP contribution is -2.31. The van der Waals surface area contributed by atoms with Crippen LogP contribution in [0.2, 0.25) is 0 Å². The summed E-state index contributed by atoms with van der Waals surface area (Å²) in [6, 6.07) is 11.2. The van der Waals surface area contributed by atoms with E-state index in [-0.39, 0.29) is 17.9 Å². The summed E-state index contributed by atoms with van der Waals surface area (Å²) in [7, 11) is 3.07. The summed E-state index contributed by atoms with van der Waals surface area (Å²) in [4.78, 5) is 26.9. The van der Waals surface area contributed by atoms with Crippen LogP contribution in [0.3, 0.4) is 0 Å². The number of carbonyl (C=O) groups excluding carboxylic acids is 2. The quantitative estimate of drug-likeness (QED) is 0.335. The Balaban J connectivity index is 2.09. The van der Waals surface area contributed by atoms with Gasteiger partial charge in [-0.05, 0) is 48.4 Å². The van der Waals surface area contributed by atoms with Crippen molar-refractivity contribution >= 4 is 17.4 Å². The Kier molecular flexibility index (Phi) is 6.29. The first-order chi connectivity index (χ1) is 14.0. The standard InChI is InChI=1S/C22H22FNO5/c1-28-13-3-12-24-19(14-4-8-16(23)9-5-14)18(21(26)22(24)27)20(25)15-6-10-17(29-2)11-7-15/h4-11,19,25H,3,12-13H2,1-2H3/t19-/m1/s1. The van der Waals surface area contributed by atoms with E-state index in [2.05, 4.69) is 0 Å². The van der Waals surface area contributed by atoms with Crippen molar-refractivity contribution in [3.8, 4) is 5.75 Å². The molecule has 0 aromatic heterocycles. The number of amides is 1. The van der Waals surface area contributed by atoms with Crippen LogP contribution in [0.25, 0.3) is 5.76 Å². The third-order valence-electron chi connectivity index (χ3n) is 4.84. The molecule has 1 N–H and O–H groups in total. The average Bonchev–Trinajstić information content (AvgIpc) is 2.99. The van der Waals surface area contributed by atoms with Crippen LogP contribution in [0.5, 0.6) is 5.75 Å². The summed E-state index contributed by atoms with van der Waals surface area (Å²) in [5.74, 6) is -1.60. The van der Waals surface area contributed by atoms with Crippen LogP contribution >= 0.6 is 0 Å². The highest BCUT2D eigenvalue weighted by atomic mass is 19.1. The molecule has 1 aliphatic rings. The fourth-order valence-electron chi connectivity index (χ4n) is 3.39. The molecular formula is C22H22FNO5. The van der Waals surface area contributed by atoms with E-state index in [4.69, 9.17) is 9.47 Å². The minimum Gasteiger partial charge on any atom is -0.507 e. The molecule has 6 nitrogen and oxygen atoms in total. The monoisotopic (exact) mass is 399 g/mol. The van der Waals surface area contributed by atoms with Gasteiger partial charge in [0.05, 0.1) is 18.7 Å². The van der Waals surface area contributed by atoms with Crippen LogP contribution in [0, 0.1) is 5.82 Å². The van der Waals surface area contributed by atoms with E-state index in [1.165, 1.54) is 36.3 Å². The molecule has 2 aromatic rings. The van der Waals surface area contributed by atoms with Gasteiger partial charge in [-0.1, -0.05) is 12.1 Å². The molecule has 1 aliphatic heterocycles. The van der Waals surface area contributed by atoms with Crippen molar-refractivity contribution in [1.82, 2.24) is 4.90 Å². The molecular weight excluding hydrogens is 377 g/mol. The smallest absolute Gasteiger partial charge is 0.295 e. The van der Waals surface area contributed by atoms with Crippen molar-refractivity contribution in [3.05, 3.63) is 71.0 Å². The average molecular weight is 399 g/mol. The van der Waals surface area contributed by atoms with Gasteiger partial charge in [0, 0.05) is 25.8 Å². The first-order valence-corrected chi connectivity index (χ1v) is 9.15. The molecule has 0 bridgehead atoms. The van der Waals surface area contributed by atoms with Gasteiger partial charge < -0.3 is 19.5 Å². The lowest BCUT2D eigenvalue weighted by Gasteiger charge is -2.25. The molecule has 1 fully saturated rings. The highest BCUT2D eigenvalue weighted by Crippen LogP contribution is 2.39. The number of hydrogen-bond donors (Lipinski definition) is 1. The van der Waals surface area contributed by atoms with Crippen LogP contribution in [0.1, 0.15) is 23.6 Å². The molecule has 3 rings (SSSR count). The number of Topliss-reactive ketones (excluding diaryl/α,β-unsaturated/α-hetero) is 1. The van der Waals surface area contributed by atoms with Crippen molar-refractivity contribution in [1.29, 1.82) is 0 Å². The lowest BCUT2D eigenvalue weighted by molar-refractivity contribution is -0.140. The van der Waals surface area contributed by atoms with Gasteiger partial charge in [0.15, 0.2) is 0 Å². The van der Waals surface area contributed by atoms with Crippen molar-refractivity contribution in [2.75, 3.05) is 27.4 Å². The molecule has 1 heterocycles. The van der Waals surface area contributed by atoms with E-state index < -0.39 is 23.5 Å². The summed E-state index contributed by atoms with van der Waals surface area (Å²) < 4.78 is 23.6. The Morgan fingerprint density at radius 3 is 2.31 bits per heavy atom. The topological polar surface area (TPSA) is 76.1 Å². The van der Waals surface area contributed by atoms with Crippen molar-refractivity contribution < 1.29 is 28.6 Å². The maximum Gasteiger partial charge on any atom is 0.295 e. The predicted octanol–water partition coefficient (Wildman–Crippen LogP) is 3.29. The molecule has 29 heavy (non-hydrogen) atoms. The lowest BCUT2D eigenvalue weighted by atomic mass is 9.95. The zero-order valence-corrected chi connectivity index (χ0v) is 16.2. The minimum absolute atomic E-state index is 0.0239. The van der Waals surface area contributed by atoms with Crippen LogP contribution < -0.4 is 4.74 Å². The molecule has 0 unspecified atom stereocenters. The number of carbonyl (C=O) groups is 2. The van der Waals surface area contributed by atoms with Crippen LogP contribution in [-0.2, 0) is 14.3 Å². The summed E-state index contributed by atoms with van der Waals surface area (Å²) in [6.07, 6.45) is 0.518. The van der Waals surface area contributed by atoms with E-state index in [0.29, 0.717) is 29.9 Å². The predicted molar refractivity (Wildman–Crippen MR) is 105 cm³/mol. The van der Waals surface area contributed by atoms with E-state index in [0.717, 1.165) is 0 Å². The zero-order chi connectivity index (χ0) is 21.0. The first kappa shape index (κ1) is 20.5. The van der Waals surface area contributed by atoms with Crippen LogP contribution in [0.15, 0.2) is 54.1 Å². The van der Waals surface area contributed by atoms with Gasteiger partial charge >= 0.3 is 0 Å². The number of hydrogen-bond acceptors (Lipinski definition) is 5. The highest BCUT2D eigenvalue weighted by Gasteiger charge is 2.45. The van der Waals surface area contributed by atoms with Crippen LogP contribution in [0.4, 0.5) is 4.39 Å². The second kappa shape index (κ2) is 8.87. The van der Waals surface area contributed by atoms with Gasteiger partial charge in [0.1, 0.15) is 17.3 Å². The second-order valence-corrected chi connectivity index (χ2v) is 6.62. The Labute approximate surface area is 168 Å². The fraction of sp³-hybridized carbons (Fsp3) is 0.273. The fourth-order valence-corrected chi connectivity index (χ4v) is 3.39. The third kappa shape index (κ3) is 4.14. The van der Waals surface area contributed by atoms with E-state index in [1.54, 1.807) is 31.4 Å². The maximum absolute atomic E-state index is 13.4. The first-order valence-electron chi connectivity index (χ1n) is 9.15. The van der Waals surface area contributed by atoms with Crippen LogP contribution in [-0.4, -0.2) is 49.1 Å². The number of benzene rings is 2. The molecule has 0 spiro atoms. The molecule has 7 heteroatoms. The minimum atomic E-state index is -0.811. The molecule has 152 valence electrons. The number of rotatable bonds is 7. The van der Waals surface area contributed by atoms with Gasteiger partial charge in [0.2, 0.25) is 0 Å². The molecule has 0 radical (unpaired) electrons. The number of ketones is 1. The Morgan fingerprint density at radius 1 is 1.07 bits per heavy atom. The number of halogens is 1. The Morgan fingerprint density at radius 2 is 1.72 bits per heavy atom. The SMILES string of the molecule is COCCCN1C(=O)C(=O)C(=C(O)c2ccc(OC)cc2)[C@H]1c1ccc(F)cc1. The zero-order valence-electron chi connectivity index (χ0n) is 16.2. The Hall–Kier alpha value is -3.19. The number of aliphatic hydroxyl groups is 1. The summed E-state index contributed by atoms with van der Waals surface area (Å²) in [6.45, 7) is 0.678. The number of nitrogens with zero attached hydrogens (tertiary/aromatic N) is 1. The van der Waals surface area contributed by atoms with Gasteiger partial charge in [0.25, 0.3) is 11.7 Å². The number of likely N-dealkylation sites (tertiary alicyclic amines) is 1. The maximum atomic E-state index is 13.4. The van der Waals surface area contributed by atoms with E-state index in [1.807, 2.05) is 0 Å². The van der Waals surface area contributed by atoms with Crippen molar-refractivity contribution in [2.45, 2.75) is 12.5 Å².